The Morgan fingerprint density at radius 1 is 1.42 bits per heavy atom. The predicted octanol–water partition coefficient (Wildman–Crippen LogP) is 0.424. The van der Waals surface area contributed by atoms with E-state index in [0.29, 0.717) is 6.42 Å². The van der Waals surface area contributed by atoms with E-state index in [1.807, 2.05) is 0 Å². The van der Waals surface area contributed by atoms with Gasteiger partial charge in [-0.25, -0.2) is 0 Å². The fourth-order valence-electron chi connectivity index (χ4n) is 0.941. The van der Waals surface area contributed by atoms with Crippen LogP contribution in [-0.2, 0) is 4.79 Å². The summed E-state index contributed by atoms with van der Waals surface area (Å²) in [6, 6.07) is 0. The molecule has 0 spiro atoms. The van der Waals surface area contributed by atoms with Crippen LogP contribution in [0.1, 0.15) is 19.8 Å². The number of carbonyl (C=O) groups is 1. The molecule has 12 heavy (non-hydrogen) atoms. The molecule has 3 heteroatoms. The fourth-order valence-corrected chi connectivity index (χ4v) is 0.941. The first-order valence-corrected chi connectivity index (χ1v) is 4.46. The molecule has 0 saturated heterocycles. The average Bonchev–Trinajstić information content (AvgIpc) is 2.04. The lowest BCUT2D eigenvalue weighted by Crippen LogP contribution is -2.40. The molecule has 0 aliphatic heterocycles. The van der Waals surface area contributed by atoms with E-state index in [9.17, 15) is 4.79 Å². The topological polar surface area (TPSA) is 37.3 Å². The van der Waals surface area contributed by atoms with Crippen LogP contribution in [0.2, 0.25) is 0 Å². The van der Waals surface area contributed by atoms with Crippen LogP contribution < -0.4 is 0 Å². The molecule has 1 N–H and O–H groups in total. The number of carbonyl (C=O) groups excluding carboxylic acids is 1. The molecular weight excluding hydrogens is 154 g/mol. The van der Waals surface area contributed by atoms with Gasteiger partial charge in [0.15, 0.2) is 5.78 Å². The van der Waals surface area contributed by atoms with Gasteiger partial charge in [-0.1, -0.05) is 0 Å². The van der Waals surface area contributed by atoms with Crippen molar-refractivity contribution in [1.29, 1.82) is 0 Å². The first-order valence-electron chi connectivity index (χ1n) is 4.46. The second kappa shape index (κ2) is 5.27. The van der Waals surface area contributed by atoms with Crippen LogP contribution in [0.5, 0.6) is 0 Å². The standard InChI is InChI=1S/C9H20NO2/c1-4-10(2,3)7-5-6-9(12)8-11/h11H,4-8H2,1-3H3/q+1. The fraction of sp³-hybridized carbons (Fsp3) is 0.889. The van der Waals surface area contributed by atoms with Crippen LogP contribution in [-0.4, -0.2) is 49.2 Å². The largest absolute Gasteiger partial charge is 0.389 e. The molecule has 0 fully saturated rings. The zero-order valence-electron chi connectivity index (χ0n) is 8.34. The quantitative estimate of drug-likeness (QED) is 0.593. The first-order chi connectivity index (χ1) is 5.52. The summed E-state index contributed by atoms with van der Waals surface area (Å²) in [4.78, 5) is 10.7. The minimum atomic E-state index is -0.306. The molecule has 0 unspecified atom stereocenters. The SMILES string of the molecule is CC[N+](C)(C)CCCC(=O)CO. The second-order valence-electron chi connectivity index (χ2n) is 3.78. The van der Waals surface area contributed by atoms with Crippen LogP contribution in [0.15, 0.2) is 0 Å². The summed E-state index contributed by atoms with van der Waals surface area (Å²) in [6.45, 7) is 3.91. The highest BCUT2D eigenvalue weighted by Gasteiger charge is 2.11. The van der Waals surface area contributed by atoms with E-state index in [4.69, 9.17) is 5.11 Å². The summed E-state index contributed by atoms with van der Waals surface area (Å²) in [7, 11) is 4.28. The van der Waals surface area contributed by atoms with Gasteiger partial charge in [0.05, 0.1) is 27.2 Å². The van der Waals surface area contributed by atoms with Gasteiger partial charge in [0, 0.05) is 12.8 Å². The molecule has 0 bridgehead atoms. The van der Waals surface area contributed by atoms with Crippen molar-refractivity contribution in [1.82, 2.24) is 0 Å². The molecular formula is C9H20NO2+. The molecule has 0 atom stereocenters. The number of quaternary nitrogens is 1. The lowest BCUT2D eigenvalue weighted by atomic mass is 10.2. The molecule has 72 valence electrons. The zero-order valence-corrected chi connectivity index (χ0v) is 8.34. The highest BCUT2D eigenvalue weighted by Crippen LogP contribution is 2.00. The lowest BCUT2D eigenvalue weighted by molar-refractivity contribution is -0.888. The first kappa shape index (κ1) is 11.6. The number of hydrogen-bond acceptors (Lipinski definition) is 2. The normalized spacial score (nSPS) is 11.7. The molecule has 0 saturated carbocycles. The van der Waals surface area contributed by atoms with Crippen LogP contribution >= 0.6 is 0 Å². The van der Waals surface area contributed by atoms with Crippen LogP contribution in [0.3, 0.4) is 0 Å². The van der Waals surface area contributed by atoms with Crippen molar-refractivity contribution in [3.8, 4) is 0 Å². The second-order valence-corrected chi connectivity index (χ2v) is 3.78. The molecule has 3 nitrogen and oxygen atoms in total. The van der Waals surface area contributed by atoms with Gasteiger partial charge in [0.2, 0.25) is 0 Å². The number of ketones is 1. The summed E-state index contributed by atoms with van der Waals surface area (Å²) in [6.07, 6.45) is 1.39. The van der Waals surface area contributed by atoms with E-state index in [2.05, 4.69) is 21.0 Å². The van der Waals surface area contributed by atoms with Crippen molar-refractivity contribution in [3.05, 3.63) is 0 Å². The minimum absolute atomic E-state index is 0.0499. The molecule has 0 aliphatic carbocycles. The summed E-state index contributed by atoms with van der Waals surface area (Å²) in [5.74, 6) is -0.0499. The number of rotatable bonds is 6. The highest BCUT2D eigenvalue weighted by atomic mass is 16.3. The van der Waals surface area contributed by atoms with E-state index in [1.165, 1.54) is 0 Å². The molecule has 0 aromatic carbocycles. The van der Waals surface area contributed by atoms with Crippen molar-refractivity contribution < 1.29 is 14.4 Å². The van der Waals surface area contributed by atoms with E-state index in [-0.39, 0.29) is 12.4 Å². The number of Topliss-reactive ketones (excluding diaryl/α,β-unsaturated/α-hetero) is 1. The summed E-state index contributed by atoms with van der Waals surface area (Å²) in [5, 5.41) is 8.47. The third-order valence-electron chi connectivity index (χ3n) is 2.25. The Balaban J connectivity index is 3.49. The molecule has 0 aliphatic rings. The van der Waals surface area contributed by atoms with Crippen LogP contribution in [0, 0.1) is 0 Å². The van der Waals surface area contributed by atoms with Gasteiger partial charge >= 0.3 is 0 Å². The predicted molar refractivity (Wildman–Crippen MR) is 48.8 cm³/mol. The molecule has 0 aromatic rings. The number of nitrogens with zero attached hydrogens (tertiary/aromatic N) is 1. The van der Waals surface area contributed by atoms with Crippen molar-refractivity contribution in [3.63, 3.8) is 0 Å². The number of aliphatic hydroxyl groups is 1. The van der Waals surface area contributed by atoms with Crippen molar-refractivity contribution in [2.45, 2.75) is 19.8 Å². The summed E-state index contributed by atoms with van der Waals surface area (Å²) >= 11 is 0. The molecule has 0 rings (SSSR count). The van der Waals surface area contributed by atoms with E-state index < -0.39 is 0 Å². The maximum absolute atomic E-state index is 10.7. The maximum Gasteiger partial charge on any atom is 0.158 e. The lowest BCUT2D eigenvalue weighted by Gasteiger charge is -2.27. The summed E-state index contributed by atoms with van der Waals surface area (Å²) in [5.41, 5.74) is 0. The Bertz CT molecular complexity index is 143. The van der Waals surface area contributed by atoms with Crippen molar-refractivity contribution in [2.75, 3.05) is 33.8 Å². The number of aliphatic hydroxyl groups excluding tert-OH is 1. The molecule has 0 heterocycles. The van der Waals surface area contributed by atoms with Gasteiger partial charge in [0.25, 0.3) is 0 Å². The van der Waals surface area contributed by atoms with Gasteiger partial charge in [-0.2, -0.15) is 0 Å². The van der Waals surface area contributed by atoms with E-state index >= 15 is 0 Å². The van der Waals surface area contributed by atoms with Crippen LogP contribution in [0.4, 0.5) is 0 Å². The molecule has 0 aromatic heterocycles. The third-order valence-corrected chi connectivity index (χ3v) is 2.25. The average molecular weight is 174 g/mol. The van der Waals surface area contributed by atoms with Gasteiger partial charge < -0.3 is 9.59 Å². The Hall–Kier alpha value is -0.410. The molecule has 0 amide bonds. The highest BCUT2D eigenvalue weighted by molar-refractivity contribution is 5.79. The van der Waals surface area contributed by atoms with E-state index in [0.717, 1.165) is 24.0 Å². The van der Waals surface area contributed by atoms with Crippen molar-refractivity contribution >= 4 is 5.78 Å². The van der Waals surface area contributed by atoms with Gasteiger partial charge in [-0.3, -0.25) is 4.79 Å². The smallest absolute Gasteiger partial charge is 0.158 e. The Kier molecular flexibility index (Phi) is 5.09. The van der Waals surface area contributed by atoms with Crippen molar-refractivity contribution in [2.24, 2.45) is 0 Å². The van der Waals surface area contributed by atoms with E-state index in [1.54, 1.807) is 0 Å². The van der Waals surface area contributed by atoms with Crippen LogP contribution in [0.25, 0.3) is 0 Å². The Morgan fingerprint density at radius 2 is 2.00 bits per heavy atom. The maximum atomic E-state index is 10.7. The van der Waals surface area contributed by atoms with Gasteiger partial charge in [0.1, 0.15) is 6.61 Å². The third kappa shape index (κ3) is 5.27. The number of hydrogen-bond donors (Lipinski definition) is 1. The molecule has 0 radical (unpaired) electrons. The monoisotopic (exact) mass is 174 g/mol. The minimum Gasteiger partial charge on any atom is -0.389 e. The van der Waals surface area contributed by atoms with Gasteiger partial charge in [-0.15, -0.1) is 0 Å². The van der Waals surface area contributed by atoms with Gasteiger partial charge in [-0.05, 0) is 6.92 Å². The zero-order chi connectivity index (χ0) is 9.61. The summed E-state index contributed by atoms with van der Waals surface area (Å²) < 4.78 is 0.943. The Labute approximate surface area is 74.6 Å². The Morgan fingerprint density at radius 3 is 2.42 bits per heavy atom.